The van der Waals surface area contributed by atoms with Gasteiger partial charge in [0.1, 0.15) is 0 Å². The monoisotopic (exact) mass is 523 g/mol. The van der Waals surface area contributed by atoms with Gasteiger partial charge in [0, 0.05) is 0 Å². The standard InChI is InChI=1S/C13H11.2C9H7.ClH.Zr.H/c1-3-7-12(8-4-1)11-13-9-5-2-6-10-13;2*1-2-5-9-7-3-6-8(9)4-1;;;/h1-11H;2*1-7H;1H;;/q;;;;+2;-1/p-1. The zero-order valence-corrected chi connectivity index (χ0v) is 21.5. The number of hydrogen-bond donors (Lipinski definition) is 0. The first-order valence-electron chi connectivity index (χ1n) is 11.4. The summed E-state index contributed by atoms with van der Waals surface area (Å²) in [6.45, 7) is 0. The van der Waals surface area contributed by atoms with E-state index < -0.39 is 21.8 Å². The molecule has 4 aromatic rings. The van der Waals surface area contributed by atoms with Gasteiger partial charge < -0.3 is 13.8 Å². The third-order valence-corrected chi connectivity index (χ3v) is 16.2. The van der Waals surface area contributed by atoms with Crippen molar-refractivity contribution < 1.29 is 35.6 Å². The topological polar surface area (TPSA) is 0 Å². The SMILES string of the molecule is C1=C[CH]([Zr+2]([CH]2C=Cc3ccccc32)[CH](c2ccccc2)c2ccccc2)c2ccccc21.[Cl-].[H-]. The Morgan fingerprint density at radius 3 is 1.36 bits per heavy atom. The summed E-state index contributed by atoms with van der Waals surface area (Å²) < 4.78 is 1.60. The van der Waals surface area contributed by atoms with Crippen LogP contribution in [0.25, 0.3) is 12.2 Å². The molecule has 0 bridgehead atoms. The van der Waals surface area contributed by atoms with Crippen molar-refractivity contribution >= 4 is 12.2 Å². The number of benzene rings is 4. The molecule has 4 aromatic carbocycles. The summed E-state index contributed by atoms with van der Waals surface area (Å²) in [5.41, 5.74) is 8.84. The summed E-state index contributed by atoms with van der Waals surface area (Å²) in [5.74, 6) is 0. The summed E-state index contributed by atoms with van der Waals surface area (Å²) in [7, 11) is 0. The molecule has 0 saturated heterocycles. The molecule has 2 aliphatic carbocycles. The molecule has 0 spiro atoms. The van der Waals surface area contributed by atoms with E-state index >= 15 is 0 Å². The number of hydrogen-bond acceptors (Lipinski definition) is 0. The third kappa shape index (κ3) is 4.14. The van der Waals surface area contributed by atoms with E-state index in [1.54, 1.807) is 0 Å². The molecule has 0 heterocycles. The molecule has 0 aliphatic heterocycles. The van der Waals surface area contributed by atoms with Crippen LogP contribution < -0.4 is 12.4 Å². The Kier molecular flexibility index (Phi) is 6.63. The normalized spacial score (nSPS) is 17.5. The van der Waals surface area contributed by atoms with Gasteiger partial charge in [-0.2, -0.15) is 0 Å². The van der Waals surface area contributed by atoms with Crippen molar-refractivity contribution in [2.75, 3.05) is 0 Å². The minimum absolute atomic E-state index is 0. The van der Waals surface area contributed by atoms with Crippen LogP contribution in [0.2, 0.25) is 0 Å². The van der Waals surface area contributed by atoms with Crippen molar-refractivity contribution in [1.29, 1.82) is 0 Å². The van der Waals surface area contributed by atoms with E-state index in [2.05, 4.69) is 133 Å². The molecule has 0 nitrogen and oxygen atoms in total. The minimum Gasteiger partial charge on any atom is -1.00 e. The maximum Gasteiger partial charge on any atom is -1.00 e. The van der Waals surface area contributed by atoms with E-state index in [0.29, 0.717) is 10.9 Å². The molecule has 0 fully saturated rings. The second kappa shape index (κ2) is 9.80. The van der Waals surface area contributed by atoms with Crippen molar-refractivity contribution in [2.24, 2.45) is 0 Å². The van der Waals surface area contributed by atoms with Crippen LogP contribution in [0.15, 0.2) is 121 Å². The largest absolute Gasteiger partial charge is 1.00 e. The fourth-order valence-corrected chi connectivity index (χ4v) is 15.7. The summed E-state index contributed by atoms with van der Waals surface area (Å²) in [6, 6.07) is 40.6. The van der Waals surface area contributed by atoms with Crippen LogP contribution in [0, 0.1) is 0 Å². The van der Waals surface area contributed by atoms with Gasteiger partial charge in [-0.25, -0.2) is 0 Å². The molecular weight excluding hydrogens is 499 g/mol. The zero-order chi connectivity index (χ0) is 21.3. The van der Waals surface area contributed by atoms with E-state index in [-0.39, 0.29) is 13.8 Å². The van der Waals surface area contributed by atoms with Crippen molar-refractivity contribution in [1.82, 2.24) is 0 Å². The summed E-state index contributed by atoms with van der Waals surface area (Å²) in [5, 5.41) is 0. The quantitative estimate of drug-likeness (QED) is 0.343. The van der Waals surface area contributed by atoms with Crippen LogP contribution in [0.1, 0.15) is 45.7 Å². The van der Waals surface area contributed by atoms with E-state index in [0.717, 1.165) is 0 Å². The van der Waals surface area contributed by atoms with Gasteiger partial charge in [-0.3, -0.25) is 0 Å². The van der Waals surface area contributed by atoms with Crippen LogP contribution in [0.3, 0.4) is 0 Å². The van der Waals surface area contributed by atoms with Gasteiger partial charge in [0.25, 0.3) is 0 Å². The van der Waals surface area contributed by atoms with Crippen molar-refractivity contribution in [3.8, 4) is 0 Å². The fraction of sp³-hybridized carbons (Fsp3) is 0.0968. The third-order valence-electron chi connectivity index (χ3n) is 6.92. The Balaban J connectivity index is 0.00000137. The first-order chi connectivity index (χ1) is 15.9. The van der Waals surface area contributed by atoms with Crippen LogP contribution in [0.5, 0.6) is 0 Å². The number of halogens is 1. The van der Waals surface area contributed by atoms with Crippen LogP contribution in [0.4, 0.5) is 0 Å². The molecule has 0 saturated carbocycles. The van der Waals surface area contributed by atoms with Gasteiger partial charge in [0.15, 0.2) is 0 Å². The van der Waals surface area contributed by atoms with E-state index in [1.165, 1.54) is 33.4 Å². The Labute approximate surface area is 212 Å². The molecule has 33 heavy (non-hydrogen) atoms. The first-order valence-corrected chi connectivity index (χ1v) is 15.7. The fourth-order valence-electron chi connectivity index (χ4n) is 5.50. The van der Waals surface area contributed by atoms with E-state index in [1.807, 2.05) is 0 Å². The molecule has 2 heteroatoms. The Hall–Kier alpha value is -2.47. The van der Waals surface area contributed by atoms with Crippen molar-refractivity contribution in [3.05, 3.63) is 155 Å². The van der Waals surface area contributed by atoms with Crippen molar-refractivity contribution in [2.45, 2.75) is 10.9 Å². The average molecular weight is 525 g/mol. The Bertz CT molecular complexity index is 1200. The van der Waals surface area contributed by atoms with Gasteiger partial charge in [-0.1, -0.05) is 0 Å². The molecule has 0 N–H and O–H groups in total. The molecule has 161 valence electrons. The van der Waals surface area contributed by atoms with Gasteiger partial charge in [0.05, 0.1) is 0 Å². The molecule has 0 radical (unpaired) electrons. The van der Waals surface area contributed by atoms with Crippen LogP contribution >= 0.6 is 0 Å². The average Bonchev–Trinajstić information content (AvgIpc) is 3.48. The molecule has 2 atom stereocenters. The van der Waals surface area contributed by atoms with Crippen LogP contribution in [-0.2, 0) is 21.8 Å². The molecule has 6 rings (SSSR count). The predicted octanol–water partition coefficient (Wildman–Crippen LogP) is 5.05. The summed E-state index contributed by atoms with van der Waals surface area (Å²) >= 11 is -2.36. The molecule has 2 aliphatic rings. The zero-order valence-electron chi connectivity index (χ0n) is 19.3. The number of rotatable bonds is 5. The second-order valence-corrected chi connectivity index (χ2v) is 15.6. The molecule has 0 aromatic heterocycles. The van der Waals surface area contributed by atoms with Gasteiger partial charge in [-0.15, -0.1) is 0 Å². The predicted molar refractivity (Wildman–Crippen MR) is 132 cm³/mol. The maximum atomic E-state index is 2.53. The van der Waals surface area contributed by atoms with Gasteiger partial charge in [0.2, 0.25) is 0 Å². The first kappa shape index (κ1) is 22.3. The molecule has 2 unspecified atom stereocenters. The minimum atomic E-state index is -2.36. The maximum absolute atomic E-state index is 2.53. The molecular formula is C31H26ClZr. The summed E-state index contributed by atoms with van der Waals surface area (Å²) in [4.78, 5) is 0. The summed E-state index contributed by atoms with van der Waals surface area (Å²) in [6.07, 6.45) is 9.82. The van der Waals surface area contributed by atoms with Crippen molar-refractivity contribution in [3.63, 3.8) is 0 Å². The Morgan fingerprint density at radius 2 is 0.909 bits per heavy atom. The van der Waals surface area contributed by atoms with E-state index in [4.69, 9.17) is 0 Å². The smallest absolute Gasteiger partial charge is 1.00 e. The number of fused-ring (bicyclic) bond motifs is 2. The van der Waals surface area contributed by atoms with Gasteiger partial charge >= 0.3 is 200 Å². The van der Waals surface area contributed by atoms with Gasteiger partial charge in [-0.05, 0) is 0 Å². The molecule has 0 amide bonds. The van der Waals surface area contributed by atoms with E-state index in [9.17, 15) is 0 Å². The second-order valence-electron chi connectivity index (χ2n) is 8.69. The van der Waals surface area contributed by atoms with Crippen LogP contribution in [-0.4, -0.2) is 0 Å². The Morgan fingerprint density at radius 1 is 0.515 bits per heavy atom. The number of allylic oxidation sites excluding steroid dienone is 2.